The molecule has 2 N–H and O–H groups in total. The van der Waals surface area contributed by atoms with Crippen LogP contribution in [0.4, 0.5) is 0 Å². The van der Waals surface area contributed by atoms with Crippen molar-refractivity contribution in [3.63, 3.8) is 0 Å². The summed E-state index contributed by atoms with van der Waals surface area (Å²) in [6.07, 6.45) is 2.33. The van der Waals surface area contributed by atoms with Crippen LogP contribution in [0, 0.1) is 0 Å². The van der Waals surface area contributed by atoms with Crippen LogP contribution in [0.5, 0.6) is 5.75 Å². The number of carbonyl (C=O) groups is 1. The van der Waals surface area contributed by atoms with Crippen molar-refractivity contribution in [2.75, 3.05) is 12.8 Å². The minimum atomic E-state index is -3.57. The summed E-state index contributed by atoms with van der Waals surface area (Å²) in [6.45, 7) is -0.279. The fourth-order valence-electron chi connectivity index (χ4n) is 2.08. The number of phenolic OH excluding ortho intramolecular Hbond substituents is 1. The van der Waals surface area contributed by atoms with Crippen LogP contribution in [-0.2, 0) is 21.4 Å². The average Bonchev–Trinajstić information content (AvgIpc) is 2.57. The number of nitrogens with one attached hydrogen (secondary N) is 1. The zero-order valence-electron chi connectivity index (χ0n) is 14.0. The molecular weight excluding hydrogens is 422 g/mol. The van der Waals surface area contributed by atoms with Gasteiger partial charge in [-0.2, -0.15) is 9.41 Å². The summed E-state index contributed by atoms with van der Waals surface area (Å²) in [7, 11) is -3.57. The van der Waals surface area contributed by atoms with Gasteiger partial charge in [0.25, 0.3) is 5.91 Å². The summed E-state index contributed by atoms with van der Waals surface area (Å²) in [5.74, 6) is -0.579. The van der Waals surface area contributed by atoms with Crippen molar-refractivity contribution >= 4 is 38.1 Å². The van der Waals surface area contributed by atoms with Gasteiger partial charge < -0.3 is 5.11 Å². The molecule has 0 aromatic heterocycles. The van der Waals surface area contributed by atoms with E-state index in [1.54, 1.807) is 36.4 Å². The summed E-state index contributed by atoms with van der Waals surface area (Å²) >= 11 is 3.27. The quantitative estimate of drug-likeness (QED) is 0.509. The molecule has 0 spiro atoms. The number of sulfonamides is 1. The van der Waals surface area contributed by atoms with E-state index in [0.29, 0.717) is 5.56 Å². The molecule has 26 heavy (non-hydrogen) atoms. The molecule has 9 heteroatoms. The second-order valence-electron chi connectivity index (χ2n) is 5.51. The van der Waals surface area contributed by atoms with E-state index in [9.17, 15) is 18.3 Å². The third-order valence-corrected chi connectivity index (χ3v) is 5.06. The van der Waals surface area contributed by atoms with Gasteiger partial charge in [-0.15, -0.1) is 0 Å². The van der Waals surface area contributed by atoms with E-state index in [-0.39, 0.29) is 18.8 Å². The second kappa shape index (κ2) is 8.93. The number of phenols is 1. The SMILES string of the molecule is CS(=O)(=O)N(CC(=O)N/N=C\c1cc(Br)ccc1O)Cc1ccccc1. The molecule has 0 heterocycles. The minimum absolute atomic E-state index is 0.00744. The van der Waals surface area contributed by atoms with Crippen molar-refractivity contribution in [1.29, 1.82) is 0 Å². The van der Waals surface area contributed by atoms with Gasteiger partial charge in [-0.05, 0) is 23.8 Å². The van der Waals surface area contributed by atoms with E-state index in [1.165, 1.54) is 12.3 Å². The maximum Gasteiger partial charge on any atom is 0.255 e. The Kier molecular flexibility index (Phi) is 6.90. The normalized spacial score (nSPS) is 11.8. The number of hydrogen-bond donors (Lipinski definition) is 2. The van der Waals surface area contributed by atoms with Crippen molar-refractivity contribution in [2.45, 2.75) is 6.54 Å². The molecule has 0 fully saturated rings. The van der Waals surface area contributed by atoms with Crippen molar-refractivity contribution in [3.8, 4) is 5.75 Å². The lowest BCUT2D eigenvalue weighted by atomic mass is 10.2. The van der Waals surface area contributed by atoms with Gasteiger partial charge in [-0.25, -0.2) is 13.8 Å². The van der Waals surface area contributed by atoms with E-state index in [0.717, 1.165) is 20.6 Å². The molecule has 138 valence electrons. The largest absolute Gasteiger partial charge is 0.507 e. The summed E-state index contributed by atoms with van der Waals surface area (Å²) in [5, 5.41) is 13.5. The highest BCUT2D eigenvalue weighted by Crippen LogP contribution is 2.19. The Labute approximate surface area is 160 Å². The third kappa shape index (κ3) is 6.25. The predicted octanol–water partition coefficient (Wildman–Crippen LogP) is 2.07. The lowest BCUT2D eigenvalue weighted by Gasteiger charge is -2.18. The van der Waals surface area contributed by atoms with Gasteiger partial charge in [0, 0.05) is 16.6 Å². The zero-order valence-corrected chi connectivity index (χ0v) is 16.4. The number of carbonyl (C=O) groups excluding carboxylic acids is 1. The van der Waals surface area contributed by atoms with E-state index >= 15 is 0 Å². The van der Waals surface area contributed by atoms with Crippen molar-refractivity contribution in [3.05, 3.63) is 64.1 Å². The van der Waals surface area contributed by atoms with Crippen LogP contribution < -0.4 is 5.43 Å². The van der Waals surface area contributed by atoms with Gasteiger partial charge >= 0.3 is 0 Å². The molecule has 0 radical (unpaired) electrons. The Hall–Kier alpha value is -2.23. The van der Waals surface area contributed by atoms with Crippen molar-refractivity contribution in [2.24, 2.45) is 5.10 Å². The third-order valence-electron chi connectivity index (χ3n) is 3.37. The van der Waals surface area contributed by atoms with Crippen LogP contribution >= 0.6 is 15.9 Å². The second-order valence-corrected chi connectivity index (χ2v) is 8.41. The molecule has 7 nitrogen and oxygen atoms in total. The number of benzene rings is 2. The first-order valence-corrected chi connectivity index (χ1v) is 10.2. The minimum Gasteiger partial charge on any atom is -0.507 e. The van der Waals surface area contributed by atoms with E-state index in [4.69, 9.17) is 0 Å². The molecule has 0 saturated heterocycles. The topological polar surface area (TPSA) is 99.1 Å². The van der Waals surface area contributed by atoms with E-state index < -0.39 is 15.9 Å². The molecule has 0 unspecified atom stereocenters. The number of rotatable bonds is 7. The summed E-state index contributed by atoms with van der Waals surface area (Å²) < 4.78 is 25.6. The van der Waals surface area contributed by atoms with Crippen LogP contribution in [0.15, 0.2) is 58.1 Å². The first kappa shape index (κ1) is 20.1. The van der Waals surface area contributed by atoms with Crippen LogP contribution in [0.2, 0.25) is 0 Å². The Balaban J connectivity index is 2.01. The average molecular weight is 440 g/mol. The molecule has 2 aromatic rings. The Morgan fingerprint density at radius 3 is 2.62 bits per heavy atom. The Bertz CT molecular complexity index is 901. The van der Waals surface area contributed by atoms with Gasteiger partial charge in [-0.3, -0.25) is 4.79 Å². The summed E-state index contributed by atoms with van der Waals surface area (Å²) in [5.41, 5.74) is 3.44. The summed E-state index contributed by atoms with van der Waals surface area (Å²) in [6, 6.07) is 13.8. The molecule has 1 amide bonds. The van der Waals surface area contributed by atoms with E-state index in [2.05, 4.69) is 26.5 Å². The van der Waals surface area contributed by atoms with Gasteiger partial charge in [-0.1, -0.05) is 46.3 Å². The molecule has 0 aliphatic carbocycles. The van der Waals surface area contributed by atoms with Crippen LogP contribution in [0.1, 0.15) is 11.1 Å². The van der Waals surface area contributed by atoms with E-state index in [1.807, 2.05) is 6.07 Å². The molecule has 0 aliphatic heterocycles. The lowest BCUT2D eigenvalue weighted by molar-refractivity contribution is -0.121. The fraction of sp³-hybridized carbons (Fsp3) is 0.176. The smallest absolute Gasteiger partial charge is 0.255 e. The fourth-order valence-corrected chi connectivity index (χ4v) is 3.19. The molecule has 0 saturated carbocycles. The standard InChI is InChI=1S/C17H18BrN3O4S/c1-26(24,25)21(11-13-5-3-2-4-6-13)12-17(23)20-19-10-14-9-15(18)7-8-16(14)22/h2-10,22H,11-12H2,1H3,(H,20,23)/b19-10-. The van der Waals surface area contributed by atoms with Crippen molar-refractivity contribution in [1.82, 2.24) is 9.73 Å². The monoisotopic (exact) mass is 439 g/mol. The molecule has 2 aromatic carbocycles. The number of hydrogen-bond acceptors (Lipinski definition) is 5. The highest BCUT2D eigenvalue weighted by molar-refractivity contribution is 9.10. The summed E-state index contributed by atoms with van der Waals surface area (Å²) in [4.78, 5) is 12.0. The Morgan fingerprint density at radius 2 is 1.96 bits per heavy atom. The van der Waals surface area contributed by atoms with Gasteiger partial charge in [0.2, 0.25) is 10.0 Å². The molecule has 0 aliphatic rings. The number of aromatic hydroxyl groups is 1. The number of halogens is 1. The van der Waals surface area contributed by atoms with Gasteiger partial charge in [0.05, 0.1) is 19.0 Å². The van der Waals surface area contributed by atoms with Gasteiger partial charge in [0.15, 0.2) is 0 Å². The first-order valence-electron chi connectivity index (χ1n) is 7.55. The predicted molar refractivity (Wildman–Crippen MR) is 103 cm³/mol. The number of hydrazone groups is 1. The molecule has 0 atom stereocenters. The zero-order chi connectivity index (χ0) is 19.2. The highest BCUT2D eigenvalue weighted by atomic mass is 79.9. The van der Waals surface area contributed by atoms with Crippen LogP contribution in [-0.4, -0.2) is 42.8 Å². The first-order chi connectivity index (χ1) is 12.3. The molecule has 0 bridgehead atoms. The number of amides is 1. The maximum absolute atomic E-state index is 12.0. The molecular formula is C17H18BrN3O4S. The molecule has 2 rings (SSSR count). The highest BCUT2D eigenvalue weighted by Gasteiger charge is 2.20. The number of nitrogens with zero attached hydrogens (tertiary/aromatic N) is 2. The van der Waals surface area contributed by atoms with Crippen LogP contribution in [0.3, 0.4) is 0 Å². The van der Waals surface area contributed by atoms with Gasteiger partial charge in [0.1, 0.15) is 5.75 Å². The lowest BCUT2D eigenvalue weighted by Crippen LogP contribution is -2.38. The maximum atomic E-state index is 12.0. The van der Waals surface area contributed by atoms with Crippen molar-refractivity contribution < 1.29 is 18.3 Å². The van der Waals surface area contributed by atoms with Crippen LogP contribution in [0.25, 0.3) is 0 Å². The Morgan fingerprint density at radius 1 is 1.27 bits per heavy atom.